The van der Waals surface area contributed by atoms with Crippen LogP contribution in [-0.2, 0) is 20.9 Å². The van der Waals surface area contributed by atoms with E-state index in [-0.39, 0.29) is 24.8 Å². The third kappa shape index (κ3) is 5.94. The number of carboxylic acids is 1. The second-order valence-electron chi connectivity index (χ2n) is 6.89. The number of carbonyl (C=O) groups excluding carboxylic acids is 2. The van der Waals surface area contributed by atoms with Crippen LogP contribution >= 0.6 is 0 Å². The molecule has 0 saturated heterocycles. The lowest BCUT2D eigenvalue weighted by Gasteiger charge is -2.29. The Labute approximate surface area is 165 Å². The van der Waals surface area contributed by atoms with Gasteiger partial charge in [-0.2, -0.15) is 0 Å². The fourth-order valence-electron chi connectivity index (χ4n) is 2.94. The third-order valence-electron chi connectivity index (χ3n) is 4.58. The molecule has 28 heavy (non-hydrogen) atoms. The van der Waals surface area contributed by atoms with E-state index in [0.29, 0.717) is 0 Å². The lowest BCUT2D eigenvalue weighted by molar-refractivity contribution is -0.150. The molecule has 2 amide bonds. The number of benzene rings is 2. The SMILES string of the molecule is CC(=O)NC(CC(=O)N(Cc1ccccc1)C(C)C(=O)O)c1ccc(C)cc1. The predicted octanol–water partition coefficient (Wildman–Crippen LogP) is 3.06. The first kappa shape index (κ1) is 21.2. The lowest BCUT2D eigenvalue weighted by atomic mass is 10.0. The molecule has 0 fully saturated rings. The van der Waals surface area contributed by atoms with Crippen LogP contribution in [0.1, 0.15) is 43.0 Å². The van der Waals surface area contributed by atoms with Crippen molar-refractivity contribution >= 4 is 17.8 Å². The van der Waals surface area contributed by atoms with E-state index in [2.05, 4.69) is 5.32 Å². The molecule has 2 unspecified atom stereocenters. The van der Waals surface area contributed by atoms with Crippen molar-refractivity contribution in [3.8, 4) is 0 Å². The molecule has 0 spiro atoms. The molecule has 2 N–H and O–H groups in total. The molecular formula is C22H26N2O4. The first-order valence-electron chi connectivity index (χ1n) is 9.17. The predicted molar refractivity (Wildman–Crippen MR) is 106 cm³/mol. The minimum absolute atomic E-state index is 0.0207. The summed E-state index contributed by atoms with van der Waals surface area (Å²) in [4.78, 5) is 37.6. The van der Waals surface area contributed by atoms with Gasteiger partial charge in [-0.3, -0.25) is 9.59 Å². The number of carbonyl (C=O) groups is 3. The van der Waals surface area contributed by atoms with Crippen molar-refractivity contribution in [2.75, 3.05) is 0 Å². The minimum atomic E-state index is -1.07. The van der Waals surface area contributed by atoms with Gasteiger partial charge in [-0.05, 0) is 25.0 Å². The molecule has 0 aliphatic rings. The first-order valence-corrected chi connectivity index (χ1v) is 9.17. The number of nitrogens with zero attached hydrogens (tertiary/aromatic N) is 1. The molecule has 0 saturated carbocycles. The van der Waals surface area contributed by atoms with Crippen molar-refractivity contribution in [1.29, 1.82) is 0 Å². The van der Waals surface area contributed by atoms with Gasteiger partial charge in [0.2, 0.25) is 11.8 Å². The number of rotatable bonds is 8. The van der Waals surface area contributed by atoms with Gasteiger partial charge >= 0.3 is 5.97 Å². The van der Waals surface area contributed by atoms with Crippen LogP contribution in [0, 0.1) is 6.92 Å². The first-order chi connectivity index (χ1) is 13.3. The minimum Gasteiger partial charge on any atom is -0.480 e. The molecule has 0 aromatic heterocycles. The van der Waals surface area contributed by atoms with Crippen molar-refractivity contribution in [1.82, 2.24) is 10.2 Å². The van der Waals surface area contributed by atoms with Crippen molar-refractivity contribution in [3.05, 3.63) is 71.3 Å². The third-order valence-corrected chi connectivity index (χ3v) is 4.58. The summed E-state index contributed by atoms with van der Waals surface area (Å²) in [6.45, 7) is 5.03. The van der Waals surface area contributed by atoms with Crippen LogP contribution in [0.4, 0.5) is 0 Å². The summed E-state index contributed by atoms with van der Waals surface area (Å²) in [5, 5.41) is 12.2. The molecule has 0 aliphatic heterocycles. The highest BCUT2D eigenvalue weighted by Crippen LogP contribution is 2.21. The number of nitrogens with one attached hydrogen (secondary N) is 1. The molecule has 6 nitrogen and oxygen atoms in total. The van der Waals surface area contributed by atoms with Crippen LogP contribution < -0.4 is 5.32 Å². The van der Waals surface area contributed by atoms with E-state index in [9.17, 15) is 19.5 Å². The molecule has 2 aromatic rings. The van der Waals surface area contributed by atoms with E-state index in [0.717, 1.165) is 16.7 Å². The van der Waals surface area contributed by atoms with Gasteiger partial charge in [0.25, 0.3) is 0 Å². The maximum Gasteiger partial charge on any atom is 0.326 e. The van der Waals surface area contributed by atoms with Gasteiger partial charge in [0, 0.05) is 13.5 Å². The Hall–Kier alpha value is -3.15. The summed E-state index contributed by atoms with van der Waals surface area (Å²) >= 11 is 0. The van der Waals surface area contributed by atoms with E-state index in [1.54, 1.807) is 0 Å². The standard InChI is InChI=1S/C22H26N2O4/c1-15-9-11-19(12-10-15)20(23-17(3)25)13-21(26)24(16(2)22(27)28)14-18-7-5-4-6-8-18/h4-12,16,20H,13-14H2,1-3H3,(H,23,25)(H,27,28). The summed E-state index contributed by atoms with van der Waals surface area (Å²) in [6.07, 6.45) is -0.0207. The number of aliphatic carboxylic acids is 1. The number of hydrogen-bond acceptors (Lipinski definition) is 3. The Morgan fingerprint density at radius 1 is 1.04 bits per heavy atom. The van der Waals surface area contributed by atoms with Crippen LogP contribution in [0.15, 0.2) is 54.6 Å². The molecule has 2 atom stereocenters. The van der Waals surface area contributed by atoms with Crippen LogP contribution in [0.5, 0.6) is 0 Å². The highest BCUT2D eigenvalue weighted by molar-refractivity contribution is 5.84. The summed E-state index contributed by atoms with van der Waals surface area (Å²) in [5.41, 5.74) is 2.72. The van der Waals surface area contributed by atoms with Crippen LogP contribution in [0.25, 0.3) is 0 Å². The van der Waals surface area contributed by atoms with Crippen LogP contribution in [0.2, 0.25) is 0 Å². The van der Waals surface area contributed by atoms with Gasteiger partial charge in [-0.1, -0.05) is 60.2 Å². The summed E-state index contributed by atoms with van der Waals surface area (Å²) < 4.78 is 0. The molecule has 148 valence electrons. The summed E-state index contributed by atoms with van der Waals surface area (Å²) in [6, 6.07) is 15.3. The van der Waals surface area contributed by atoms with Gasteiger partial charge < -0.3 is 15.3 Å². The zero-order valence-corrected chi connectivity index (χ0v) is 16.4. The van der Waals surface area contributed by atoms with Crippen molar-refractivity contribution < 1.29 is 19.5 Å². The van der Waals surface area contributed by atoms with E-state index in [1.807, 2.05) is 61.5 Å². The quantitative estimate of drug-likeness (QED) is 0.735. The molecule has 0 radical (unpaired) electrons. The van der Waals surface area contributed by atoms with Crippen LogP contribution in [-0.4, -0.2) is 33.8 Å². The fraction of sp³-hybridized carbons (Fsp3) is 0.318. The van der Waals surface area contributed by atoms with Crippen molar-refractivity contribution in [2.24, 2.45) is 0 Å². The fourth-order valence-corrected chi connectivity index (χ4v) is 2.94. The zero-order valence-electron chi connectivity index (χ0n) is 16.4. The summed E-state index contributed by atoms with van der Waals surface area (Å²) in [5.74, 6) is -1.66. The van der Waals surface area contributed by atoms with E-state index in [4.69, 9.17) is 0 Å². The maximum atomic E-state index is 13.0. The Kier molecular flexibility index (Phi) is 7.32. The molecule has 6 heteroatoms. The van der Waals surface area contributed by atoms with Crippen molar-refractivity contribution in [3.63, 3.8) is 0 Å². The average Bonchev–Trinajstić information content (AvgIpc) is 2.66. The van der Waals surface area contributed by atoms with E-state index >= 15 is 0 Å². The highest BCUT2D eigenvalue weighted by atomic mass is 16.4. The van der Waals surface area contributed by atoms with E-state index < -0.39 is 18.1 Å². The number of amides is 2. The number of aryl methyl sites for hydroxylation is 1. The molecule has 0 bridgehead atoms. The topological polar surface area (TPSA) is 86.7 Å². The average molecular weight is 382 g/mol. The Morgan fingerprint density at radius 2 is 1.64 bits per heavy atom. The second kappa shape index (κ2) is 9.69. The smallest absolute Gasteiger partial charge is 0.326 e. The van der Waals surface area contributed by atoms with Crippen molar-refractivity contribution in [2.45, 2.75) is 45.8 Å². The molecule has 2 aromatic carbocycles. The highest BCUT2D eigenvalue weighted by Gasteiger charge is 2.28. The lowest BCUT2D eigenvalue weighted by Crippen LogP contribution is -2.44. The molecule has 0 aliphatic carbocycles. The second-order valence-corrected chi connectivity index (χ2v) is 6.89. The Morgan fingerprint density at radius 3 is 2.18 bits per heavy atom. The number of hydrogen-bond donors (Lipinski definition) is 2. The Balaban J connectivity index is 2.25. The molecular weight excluding hydrogens is 356 g/mol. The van der Waals surface area contributed by atoms with Gasteiger partial charge in [0.15, 0.2) is 0 Å². The molecule has 0 heterocycles. The normalized spacial score (nSPS) is 12.7. The van der Waals surface area contributed by atoms with Gasteiger partial charge in [-0.15, -0.1) is 0 Å². The monoisotopic (exact) mass is 382 g/mol. The number of carboxylic acid groups (broad SMARTS) is 1. The summed E-state index contributed by atoms with van der Waals surface area (Å²) in [7, 11) is 0. The van der Waals surface area contributed by atoms with Gasteiger partial charge in [0.1, 0.15) is 6.04 Å². The zero-order chi connectivity index (χ0) is 20.7. The maximum absolute atomic E-state index is 13.0. The van der Waals surface area contributed by atoms with Crippen LogP contribution in [0.3, 0.4) is 0 Å². The van der Waals surface area contributed by atoms with Gasteiger partial charge in [-0.25, -0.2) is 4.79 Å². The molecule has 2 rings (SSSR count). The van der Waals surface area contributed by atoms with Gasteiger partial charge in [0.05, 0.1) is 12.5 Å². The van der Waals surface area contributed by atoms with E-state index in [1.165, 1.54) is 18.7 Å². The Bertz CT molecular complexity index is 818. The largest absolute Gasteiger partial charge is 0.480 e.